The summed E-state index contributed by atoms with van der Waals surface area (Å²) in [4.78, 5) is 25.2. The smallest absolute Gasteiger partial charge is 0.254 e. The van der Waals surface area contributed by atoms with Crippen molar-refractivity contribution >= 4 is 17.5 Å². The maximum Gasteiger partial charge on any atom is 0.254 e. The molecule has 1 unspecified atom stereocenters. The molecule has 1 heterocycles. The molecule has 1 atom stereocenters. The predicted octanol–water partition coefficient (Wildman–Crippen LogP) is 1.22. The van der Waals surface area contributed by atoms with Crippen LogP contribution in [0.4, 0.5) is 10.1 Å². The normalized spacial score (nSPS) is 18.8. The Labute approximate surface area is 117 Å². The monoisotopic (exact) mass is 279 g/mol. The van der Waals surface area contributed by atoms with Crippen molar-refractivity contribution in [2.75, 3.05) is 25.0 Å². The van der Waals surface area contributed by atoms with Gasteiger partial charge in [-0.3, -0.25) is 9.59 Å². The van der Waals surface area contributed by atoms with E-state index in [0.717, 1.165) is 13.1 Å². The molecule has 0 aliphatic carbocycles. The van der Waals surface area contributed by atoms with Crippen LogP contribution in [0.3, 0.4) is 0 Å². The highest BCUT2D eigenvalue weighted by molar-refractivity contribution is 5.97. The fourth-order valence-electron chi connectivity index (χ4n) is 2.25. The van der Waals surface area contributed by atoms with Crippen molar-refractivity contribution in [1.82, 2.24) is 10.2 Å². The first-order chi connectivity index (χ1) is 9.49. The highest BCUT2D eigenvalue weighted by atomic mass is 19.1. The number of hydrogen-bond acceptors (Lipinski definition) is 3. The number of carbonyl (C=O) groups is 2. The molecule has 1 aromatic rings. The number of nitrogens with one attached hydrogen (secondary N) is 2. The van der Waals surface area contributed by atoms with E-state index >= 15 is 0 Å². The lowest BCUT2D eigenvalue weighted by Crippen LogP contribution is -2.52. The van der Waals surface area contributed by atoms with E-state index in [1.165, 1.54) is 25.1 Å². The van der Waals surface area contributed by atoms with Crippen molar-refractivity contribution in [3.63, 3.8) is 0 Å². The molecular formula is C14H18FN3O2. The maximum absolute atomic E-state index is 13.6. The van der Waals surface area contributed by atoms with Gasteiger partial charge in [0.05, 0.1) is 5.69 Å². The molecule has 0 aromatic heterocycles. The number of amides is 2. The zero-order chi connectivity index (χ0) is 14.7. The molecule has 0 bridgehead atoms. The average molecular weight is 279 g/mol. The van der Waals surface area contributed by atoms with Gasteiger partial charge in [-0.2, -0.15) is 0 Å². The van der Waals surface area contributed by atoms with Gasteiger partial charge in [-0.05, 0) is 25.1 Å². The van der Waals surface area contributed by atoms with Gasteiger partial charge in [-0.15, -0.1) is 0 Å². The quantitative estimate of drug-likeness (QED) is 0.855. The van der Waals surface area contributed by atoms with Crippen molar-refractivity contribution in [3.05, 3.63) is 29.6 Å². The topological polar surface area (TPSA) is 61.4 Å². The summed E-state index contributed by atoms with van der Waals surface area (Å²) >= 11 is 0. The second-order valence-electron chi connectivity index (χ2n) is 4.93. The van der Waals surface area contributed by atoms with Crippen LogP contribution in [0.2, 0.25) is 0 Å². The van der Waals surface area contributed by atoms with E-state index < -0.39 is 5.82 Å². The van der Waals surface area contributed by atoms with Crippen LogP contribution in [0.25, 0.3) is 0 Å². The summed E-state index contributed by atoms with van der Waals surface area (Å²) < 4.78 is 13.6. The van der Waals surface area contributed by atoms with Crippen molar-refractivity contribution in [2.24, 2.45) is 0 Å². The van der Waals surface area contributed by atoms with Crippen LogP contribution in [0, 0.1) is 5.82 Å². The Balaban J connectivity index is 2.23. The van der Waals surface area contributed by atoms with Crippen molar-refractivity contribution in [1.29, 1.82) is 0 Å². The predicted molar refractivity (Wildman–Crippen MR) is 74.1 cm³/mol. The largest absolute Gasteiger partial charge is 0.333 e. The Morgan fingerprint density at radius 3 is 2.85 bits per heavy atom. The number of nitrogens with zero attached hydrogens (tertiary/aromatic N) is 1. The summed E-state index contributed by atoms with van der Waals surface area (Å²) in [6.07, 6.45) is 0. The van der Waals surface area contributed by atoms with Crippen LogP contribution in [0.1, 0.15) is 24.2 Å². The Morgan fingerprint density at radius 2 is 2.20 bits per heavy atom. The molecule has 1 aliphatic rings. The van der Waals surface area contributed by atoms with E-state index in [0.29, 0.717) is 12.1 Å². The van der Waals surface area contributed by atoms with Gasteiger partial charge in [0.15, 0.2) is 0 Å². The van der Waals surface area contributed by atoms with Gasteiger partial charge in [0.2, 0.25) is 5.91 Å². The molecule has 2 amide bonds. The fourth-order valence-corrected chi connectivity index (χ4v) is 2.25. The molecule has 20 heavy (non-hydrogen) atoms. The maximum atomic E-state index is 13.6. The number of halogens is 1. The minimum absolute atomic E-state index is 0.0335. The first-order valence-electron chi connectivity index (χ1n) is 6.58. The Hall–Kier alpha value is -1.95. The third kappa shape index (κ3) is 3.14. The van der Waals surface area contributed by atoms with Crippen LogP contribution in [0.15, 0.2) is 18.2 Å². The van der Waals surface area contributed by atoms with Gasteiger partial charge < -0.3 is 15.5 Å². The van der Waals surface area contributed by atoms with E-state index in [2.05, 4.69) is 10.6 Å². The van der Waals surface area contributed by atoms with Gasteiger partial charge in [0.25, 0.3) is 5.91 Å². The van der Waals surface area contributed by atoms with E-state index in [1.54, 1.807) is 4.90 Å². The Morgan fingerprint density at radius 1 is 1.45 bits per heavy atom. The highest BCUT2D eigenvalue weighted by Crippen LogP contribution is 2.18. The summed E-state index contributed by atoms with van der Waals surface area (Å²) in [5.74, 6) is -1.07. The number of anilines is 1. The number of hydrogen-bond donors (Lipinski definition) is 2. The van der Waals surface area contributed by atoms with E-state index in [1.807, 2.05) is 6.92 Å². The number of piperazine rings is 1. The third-order valence-corrected chi connectivity index (χ3v) is 3.29. The SMILES string of the molecule is CC(=O)Nc1cc(C(=O)N2CCNCC2C)ccc1F. The van der Waals surface area contributed by atoms with Crippen LogP contribution in [0.5, 0.6) is 0 Å². The van der Waals surface area contributed by atoms with Gasteiger partial charge in [0, 0.05) is 38.2 Å². The number of carbonyl (C=O) groups excluding carboxylic acids is 2. The zero-order valence-electron chi connectivity index (χ0n) is 11.6. The first-order valence-corrected chi connectivity index (χ1v) is 6.58. The van der Waals surface area contributed by atoms with E-state index in [-0.39, 0.29) is 23.5 Å². The van der Waals surface area contributed by atoms with Crippen molar-refractivity contribution < 1.29 is 14.0 Å². The highest BCUT2D eigenvalue weighted by Gasteiger charge is 2.24. The summed E-state index contributed by atoms with van der Waals surface area (Å²) in [7, 11) is 0. The van der Waals surface area contributed by atoms with Gasteiger partial charge in [-0.25, -0.2) is 4.39 Å². The lowest BCUT2D eigenvalue weighted by atomic mass is 10.1. The minimum Gasteiger partial charge on any atom is -0.333 e. The molecular weight excluding hydrogens is 261 g/mol. The van der Waals surface area contributed by atoms with Gasteiger partial charge >= 0.3 is 0 Å². The van der Waals surface area contributed by atoms with Crippen molar-refractivity contribution in [2.45, 2.75) is 19.9 Å². The van der Waals surface area contributed by atoms with Crippen molar-refractivity contribution in [3.8, 4) is 0 Å². The Kier molecular flexibility index (Phi) is 4.34. The van der Waals surface area contributed by atoms with E-state index in [9.17, 15) is 14.0 Å². The molecule has 108 valence electrons. The molecule has 1 aromatic carbocycles. The molecule has 0 saturated carbocycles. The molecule has 0 spiro atoms. The second-order valence-corrected chi connectivity index (χ2v) is 4.93. The molecule has 5 nitrogen and oxygen atoms in total. The summed E-state index contributed by atoms with van der Waals surface area (Å²) in [6.45, 7) is 5.36. The summed E-state index contributed by atoms with van der Waals surface area (Å²) in [6, 6.07) is 4.11. The first kappa shape index (κ1) is 14.5. The standard InChI is InChI=1S/C14H18FN3O2/c1-9-8-16-5-6-18(9)14(20)11-3-4-12(15)13(7-11)17-10(2)19/h3-4,7,9,16H,5-6,8H2,1-2H3,(H,17,19). The van der Waals surface area contributed by atoms with Crippen LogP contribution >= 0.6 is 0 Å². The van der Waals surface area contributed by atoms with Crippen LogP contribution in [-0.2, 0) is 4.79 Å². The molecule has 1 fully saturated rings. The lowest BCUT2D eigenvalue weighted by Gasteiger charge is -2.34. The van der Waals surface area contributed by atoms with Crippen LogP contribution < -0.4 is 10.6 Å². The van der Waals surface area contributed by atoms with Crippen LogP contribution in [-0.4, -0.2) is 42.4 Å². The Bertz CT molecular complexity index is 533. The number of benzene rings is 1. The molecule has 2 rings (SSSR count). The number of rotatable bonds is 2. The second kappa shape index (κ2) is 6.00. The summed E-state index contributed by atoms with van der Waals surface area (Å²) in [5.41, 5.74) is 0.412. The molecule has 2 N–H and O–H groups in total. The molecule has 1 saturated heterocycles. The molecule has 6 heteroatoms. The molecule has 0 radical (unpaired) electrons. The lowest BCUT2D eigenvalue weighted by molar-refractivity contribution is -0.114. The molecule has 1 aliphatic heterocycles. The minimum atomic E-state index is -0.551. The van der Waals surface area contributed by atoms with Gasteiger partial charge in [0.1, 0.15) is 5.82 Å². The van der Waals surface area contributed by atoms with E-state index in [4.69, 9.17) is 0 Å². The fraction of sp³-hybridized carbons (Fsp3) is 0.429. The third-order valence-electron chi connectivity index (χ3n) is 3.29. The average Bonchev–Trinajstić information content (AvgIpc) is 2.40. The summed E-state index contributed by atoms with van der Waals surface area (Å²) in [5, 5.41) is 5.59. The van der Waals surface area contributed by atoms with Gasteiger partial charge in [-0.1, -0.05) is 0 Å². The zero-order valence-corrected chi connectivity index (χ0v) is 11.6.